The molecule has 0 spiro atoms. The zero-order valence-electron chi connectivity index (χ0n) is 23.6. The first kappa shape index (κ1) is 29.2. The smallest absolute Gasteiger partial charge is 0.271 e. The number of amides is 2. The van der Waals surface area contributed by atoms with E-state index < -0.39 is 5.66 Å². The molecule has 3 rings (SSSR count). The number of carbonyl (C=O) groups is 2. The summed E-state index contributed by atoms with van der Waals surface area (Å²) in [6, 6.07) is 0. The molecule has 2 aliphatic carbocycles. The van der Waals surface area contributed by atoms with Gasteiger partial charge in [-0.3, -0.25) is 19.6 Å². The van der Waals surface area contributed by atoms with Crippen LogP contribution in [0, 0.1) is 47.4 Å². The Morgan fingerprint density at radius 2 is 2.08 bits per heavy atom. The number of hydrogen-bond donors (Lipinski definition) is 1. The zero-order valence-corrected chi connectivity index (χ0v) is 23.6. The van der Waals surface area contributed by atoms with Crippen LogP contribution in [0.3, 0.4) is 0 Å². The van der Waals surface area contributed by atoms with Gasteiger partial charge in [-0.25, -0.2) is 0 Å². The summed E-state index contributed by atoms with van der Waals surface area (Å²) in [6.45, 7) is 11.0. The number of rotatable bonds is 9. The average molecular weight is 515 g/mol. The first-order chi connectivity index (χ1) is 18.1. The number of nitrogens with one attached hydrogen (secondary N) is 1. The number of terminal acetylenes is 1. The summed E-state index contributed by atoms with van der Waals surface area (Å²) in [5.41, 5.74) is 0.751. The molecule has 4 atom stereocenters. The standard InChI is InChI=1S/C32H42N4O2/c1-7-9-11-17-32(6)35-28(31(3,4)5)30(38)36(32)19-13-14-24-15-16-25-21-27(22-26(25)20-24)29(37)34-23-33-18-12-10-8-2/h2,10,12,15-16,18,20,25-27H,7,9,11,17,19,21-23H2,1,3-6H3,(H,34,37)/b12-10-,33-18-. The van der Waals surface area contributed by atoms with Crippen molar-refractivity contribution in [1.82, 2.24) is 10.2 Å². The molecule has 1 N–H and O–H groups in total. The molecule has 202 valence electrons. The van der Waals surface area contributed by atoms with Crippen LogP contribution in [0.25, 0.3) is 0 Å². The molecule has 38 heavy (non-hydrogen) atoms. The quantitative estimate of drug-likeness (QED) is 0.264. The van der Waals surface area contributed by atoms with E-state index in [1.807, 2.05) is 25.7 Å². The van der Waals surface area contributed by atoms with E-state index in [-0.39, 0.29) is 29.8 Å². The monoisotopic (exact) mass is 514 g/mol. The summed E-state index contributed by atoms with van der Waals surface area (Å²) in [6.07, 6.45) is 22.1. The fraction of sp³-hybridized carbons (Fsp3) is 0.562. The molecule has 0 bridgehead atoms. The van der Waals surface area contributed by atoms with Crippen molar-refractivity contribution in [3.05, 3.63) is 36.0 Å². The van der Waals surface area contributed by atoms with E-state index in [1.165, 1.54) is 0 Å². The maximum absolute atomic E-state index is 13.3. The predicted molar refractivity (Wildman–Crippen MR) is 155 cm³/mol. The van der Waals surface area contributed by atoms with Gasteiger partial charge in [0, 0.05) is 23.1 Å². The van der Waals surface area contributed by atoms with Crippen LogP contribution in [0.15, 0.2) is 45.9 Å². The Morgan fingerprint density at radius 3 is 2.79 bits per heavy atom. The highest BCUT2D eigenvalue weighted by molar-refractivity contribution is 6.42. The van der Waals surface area contributed by atoms with Gasteiger partial charge in [0.25, 0.3) is 5.91 Å². The number of fused-ring (bicyclic) bond motifs is 1. The molecule has 1 saturated carbocycles. The van der Waals surface area contributed by atoms with Gasteiger partial charge in [0.1, 0.15) is 18.0 Å². The Balaban J connectivity index is 1.61. The third-order valence-corrected chi connectivity index (χ3v) is 7.50. The van der Waals surface area contributed by atoms with Crippen LogP contribution < -0.4 is 5.32 Å². The number of carbonyl (C=O) groups excluding carboxylic acids is 2. The number of unbranched alkanes of at least 4 members (excludes halogenated alkanes) is 2. The van der Waals surface area contributed by atoms with E-state index in [2.05, 4.69) is 60.1 Å². The number of nitrogens with zero attached hydrogens (tertiary/aromatic N) is 3. The van der Waals surface area contributed by atoms with Gasteiger partial charge in [-0.15, -0.1) is 6.42 Å². The lowest BCUT2D eigenvalue weighted by molar-refractivity contribution is -0.127. The summed E-state index contributed by atoms with van der Waals surface area (Å²) in [5, 5.41) is 2.89. The Morgan fingerprint density at radius 1 is 1.32 bits per heavy atom. The van der Waals surface area contributed by atoms with Crippen LogP contribution in [-0.2, 0) is 9.59 Å². The lowest BCUT2D eigenvalue weighted by atomic mass is 9.89. The van der Waals surface area contributed by atoms with Crippen molar-refractivity contribution in [2.24, 2.45) is 33.2 Å². The highest BCUT2D eigenvalue weighted by Gasteiger charge is 2.46. The lowest BCUT2D eigenvalue weighted by Gasteiger charge is -2.32. The van der Waals surface area contributed by atoms with Gasteiger partial charge in [0.2, 0.25) is 5.91 Å². The molecule has 1 heterocycles. The van der Waals surface area contributed by atoms with E-state index in [0.717, 1.165) is 44.1 Å². The molecule has 1 fully saturated rings. The molecule has 4 unspecified atom stereocenters. The van der Waals surface area contributed by atoms with Crippen LogP contribution in [0.1, 0.15) is 73.1 Å². The largest absolute Gasteiger partial charge is 0.337 e. The minimum Gasteiger partial charge on any atom is -0.337 e. The summed E-state index contributed by atoms with van der Waals surface area (Å²) in [7, 11) is 0. The van der Waals surface area contributed by atoms with Crippen molar-refractivity contribution >= 4 is 23.7 Å². The third-order valence-electron chi connectivity index (χ3n) is 7.50. The van der Waals surface area contributed by atoms with Gasteiger partial charge < -0.3 is 10.2 Å². The molecule has 1 aliphatic heterocycles. The molecular weight excluding hydrogens is 472 g/mol. The van der Waals surface area contributed by atoms with Crippen LogP contribution in [0.2, 0.25) is 0 Å². The molecule has 0 aromatic rings. The fourth-order valence-electron chi connectivity index (χ4n) is 5.35. The van der Waals surface area contributed by atoms with Crippen molar-refractivity contribution < 1.29 is 9.59 Å². The van der Waals surface area contributed by atoms with Gasteiger partial charge in [-0.2, -0.15) is 0 Å². The molecule has 6 heteroatoms. The zero-order chi connectivity index (χ0) is 27.8. The van der Waals surface area contributed by atoms with Crippen molar-refractivity contribution in [3.8, 4) is 24.2 Å². The van der Waals surface area contributed by atoms with Crippen LogP contribution in [-0.4, -0.2) is 47.5 Å². The summed E-state index contributed by atoms with van der Waals surface area (Å²) < 4.78 is 0. The van der Waals surface area contributed by atoms with Crippen LogP contribution in [0.4, 0.5) is 0 Å². The highest BCUT2D eigenvalue weighted by Crippen LogP contribution is 2.41. The van der Waals surface area contributed by atoms with Gasteiger partial charge >= 0.3 is 0 Å². The fourth-order valence-corrected chi connectivity index (χ4v) is 5.35. The van der Waals surface area contributed by atoms with Crippen LogP contribution in [0.5, 0.6) is 0 Å². The normalized spacial score (nSPS) is 26.7. The number of allylic oxidation sites excluding steroid dienone is 6. The summed E-state index contributed by atoms with van der Waals surface area (Å²) in [5.74, 6) is 9.58. The molecular formula is C32H42N4O2. The Bertz CT molecular complexity index is 1150. The maximum atomic E-state index is 13.3. The molecule has 0 aromatic carbocycles. The third kappa shape index (κ3) is 7.35. The second-order valence-corrected chi connectivity index (χ2v) is 11.6. The molecule has 6 nitrogen and oxygen atoms in total. The van der Waals surface area contributed by atoms with Gasteiger partial charge in [-0.05, 0) is 56.6 Å². The van der Waals surface area contributed by atoms with Crippen molar-refractivity contribution in [2.75, 3.05) is 13.2 Å². The molecule has 0 radical (unpaired) electrons. The van der Waals surface area contributed by atoms with Crippen molar-refractivity contribution in [2.45, 2.75) is 78.8 Å². The number of hydrogen-bond acceptors (Lipinski definition) is 4. The van der Waals surface area contributed by atoms with Gasteiger partial charge in [0.05, 0.1) is 6.54 Å². The first-order valence-corrected chi connectivity index (χ1v) is 13.8. The Kier molecular flexibility index (Phi) is 9.92. The van der Waals surface area contributed by atoms with E-state index >= 15 is 0 Å². The van der Waals surface area contributed by atoms with Gasteiger partial charge in [0.15, 0.2) is 0 Å². The summed E-state index contributed by atoms with van der Waals surface area (Å²) >= 11 is 0. The van der Waals surface area contributed by atoms with Gasteiger partial charge in [-0.1, -0.05) is 76.5 Å². The van der Waals surface area contributed by atoms with Crippen molar-refractivity contribution in [3.63, 3.8) is 0 Å². The Labute approximate surface area is 228 Å². The molecule has 2 amide bonds. The van der Waals surface area contributed by atoms with E-state index in [4.69, 9.17) is 11.4 Å². The maximum Gasteiger partial charge on any atom is 0.271 e. The minimum atomic E-state index is -0.543. The van der Waals surface area contributed by atoms with E-state index in [0.29, 0.717) is 24.1 Å². The minimum absolute atomic E-state index is 0.0000732. The van der Waals surface area contributed by atoms with Crippen molar-refractivity contribution in [1.29, 1.82) is 0 Å². The van der Waals surface area contributed by atoms with Crippen LogP contribution >= 0.6 is 0 Å². The van der Waals surface area contributed by atoms with E-state index in [9.17, 15) is 9.59 Å². The Hall–Kier alpha value is -3.38. The SMILES string of the molecule is C#C/C=C\C=N/CNC(=O)C1CC2C=CC(C#CCN3C(=O)C(C(C)(C)C)=NC3(C)CCCCC)=CC2C1. The number of aliphatic imine (C=N–C) groups is 2. The molecule has 0 saturated heterocycles. The molecule has 3 aliphatic rings. The van der Waals surface area contributed by atoms with E-state index in [1.54, 1.807) is 18.4 Å². The lowest BCUT2D eigenvalue weighted by Crippen LogP contribution is -2.45. The summed E-state index contributed by atoms with van der Waals surface area (Å²) in [4.78, 5) is 36.8. The average Bonchev–Trinajstić information content (AvgIpc) is 3.40. The highest BCUT2D eigenvalue weighted by atomic mass is 16.2. The topological polar surface area (TPSA) is 74.1 Å². The second-order valence-electron chi connectivity index (χ2n) is 11.6. The first-order valence-electron chi connectivity index (χ1n) is 13.8. The second kappa shape index (κ2) is 12.9. The predicted octanol–water partition coefficient (Wildman–Crippen LogP) is 5.09. The molecule has 0 aromatic heterocycles.